The molecule has 8 nitrogen and oxygen atoms in total. The summed E-state index contributed by atoms with van der Waals surface area (Å²) in [5, 5.41) is 8.78. The summed E-state index contributed by atoms with van der Waals surface area (Å²) in [4.78, 5) is 2.14. The fourth-order valence-corrected chi connectivity index (χ4v) is 5.69. The van der Waals surface area contributed by atoms with E-state index in [1.54, 1.807) is 14.7 Å². The smallest absolute Gasteiger partial charge is 0.282 e. The highest BCUT2D eigenvalue weighted by Crippen LogP contribution is 2.26. The van der Waals surface area contributed by atoms with Gasteiger partial charge in [0.25, 0.3) is 10.2 Å². The van der Waals surface area contributed by atoms with Gasteiger partial charge in [0.05, 0.1) is 17.1 Å². The Labute approximate surface area is 176 Å². The summed E-state index contributed by atoms with van der Waals surface area (Å²) in [6, 6.07) is 7.34. The fourth-order valence-electron chi connectivity index (χ4n) is 3.81. The zero-order chi connectivity index (χ0) is 20.3. The first-order valence-corrected chi connectivity index (χ1v) is 11.9. The van der Waals surface area contributed by atoms with Crippen molar-refractivity contribution in [3.05, 3.63) is 35.2 Å². The van der Waals surface area contributed by atoms with E-state index >= 15 is 0 Å². The molecule has 3 heterocycles. The highest BCUT2D eigenvalue weighted by atomic mass is 35.5. The van der Waals surface area contributed by atoms with E-state index in [4.69, 9.17) is 16.0 Å². The molecule has 2 aliphatic heterocycles. The van der Waals surface area contributed by atoms with Gasteiger partial charge in [0, 0.05) is 39.3 Å². The standard InChI is InChI=1S/C19H26ClN5O3S/c20-17-8-4-3-7-16(17)19-22-21-18(28-19)15-23-11-13-25(14-12-23)29(26,27)24-9-5-1-2-6-10-24/h3-4,7-8H,1-2,5-6,9-15H2. The molecule has 2 saturated heterocycles. The van der Waals surface area contributed by atoms with Crippen molar-refractivity contribution in [1.29, 1.82) is 0 Å². The highest BCUT2D eigenvalue weighted by Gasteiger charge is 2.32. The number of halogens is 1. The number of aromatic nitrogens is 2. The van der Waals surface area contributed by atoms with Crippen molar-refractivity contribution < 1.29 is 12.8 Å². The van der Waals surface area contributed by atoms with Crippen LogP contribution in [0.25, 0.3) is 11.5 Å². The monoisotopic (exact) mass is 439 g/mol. The maximum atomic E-state index is 12.9. The molecule has 1 aromatic heterocycles. The van der Waals surface area contributed by atoms with Crippen molar-refractivity contribution in [3.8, 4) is 11.5 Å². The van der Waals surface area contributed by atoms with Crippen molar-refractivity contribution in [3.63, 3.8) is 0 Å². The van der Waals surface area contributed by atoms with Gasteiger partial charge in [-0.05, 0) is 25.0 Å². The van der Waals surface area contributed by atoms with Gasteiger partial charge >= 0.3 is 0 Å². The summed E-state index contributed by atoms with van der Waals surface area (Å²) in [6.07, 6.45) is 4.12. The summed E-state index contributed by atoms with van der Waals surface area (Å²) in [6.45, 7) is 3.99. The second-order valence-corrected chi connectivity index (χ2v) is 9.81. The van der Waals surface area contributed by atoms with E-state index in [0.29, 0.717) is 68.2 Å². The van der Waals surface area contributed by atoms with E-state index in [0.717, 1.165) is 25.7 Å². The molecule has 10 heteroatoms. The number of piperazine rings is 1. The van der Waals surface area contributed by atoms with Crippen molar-refractivity contribution in [1.82, 2.24) is 23.7 Å². The molecule has 0 unspecified atom stereocenters. The first kappa shape index (κ1) is 20.7. The second-order valence-electron chi connectivity index (χ2n) is 7.48. The minimum absolute atomic E-state index is 0.396. The first-order chi connectivity index (χ1) is 14.0. The maximum Gasteiger partial charge on any atom is 0.282 e. The summed E-state index contributed by atoms with van der Waals surface area (Å²) in [5.74, 6) is 0.900. The minimum Gasteiger partial charge on any atom is -0.419 e. The Bertz CT molecular complexity index is 919. The molecular weight excluding hydrogens is 414 g/mol. The average molecular weight is 440 g/mol. The zero-order valence-corrected chi connectivity index (χ0v) is 17.9. The van der Waals surface area contributed by atoms with Crippen LogP contribution in [0.1, 0.15) is 31.6 Å². The Kier molecular flexibility index (Phi) is 6.50. The van der Waals surface area contributed by atoms with E-state index in [-0.39, 0.29) is 0 Å². The van der Waals surface area contributed by atoms with Crippen LogP contribution in [0.15, 0.2) is 28.7 Å². The number of hydrogen-bond acceptors (Lipinski definition) is 6. The van der Waals surface area contributed by atoms with Gasteiger partial charge in [0.15, 0.2) is 0 Å². The van der Waals surface area contributed by atoms with Gasteiger partial charge in [0.2, 0.25) is 11.8 Å². The number of hydrogen-bond donors (Lipinski definition) is 0. The predicted molar refractivity (Wildman–Crippen MR) is 111 cm³/mol. The largest absolute Gasteiger partial charge is 0.419 e. The zero-order valence-electron chi connectivity index (χ0n) is 16.3. The molecule has 0 amide bonds. The van der Waals surface area contributed by atoms with Crippen LogP contribution in [0, 0.1) is 0 Å². The van der Waals surface area contributed by atoms with Gasteiger partial charge in [0.1, 0.15) is 0 Å². The molecule has 1 aromatic carbocycles. The van der Waals surface area contributed by atoms with Gasteiger partial charge < -0.3 is 4.42 Å². The summed E-state index contributed by atoms with van der Waals surface area (Å²) in [5.41, 5.74) is 0.710. The Balaban J connectivity index is 1.34. The SMILES string of the molecule is O=S(=O)(N1CCCCCC1)N1CCN(Cc2nnc(-c3ccccc3Cl)o2)CC1. The van der Waals surface area contributed by atoms with Gasteiger partial charge in [-0.2, -0.15) is 17.0 Å². The highest BCUT2D eigenvalue weighted by molar-refractivity contribution is 7.86. The normalized spacial score (nSPS) is 20.6. The van der Waals surface area contributed by atoms with Crippen LogP contribution < -0.4 is 0 Å². The molecule has 0 N–H and O–H groups in total. The average Bonchev–Trinajstić information content (AvgIpc) is 2.99. The predicted octanol–water partition coefficient (Wildman–Crippen LogP) is 2.63. The number of benzene rings is 1. The van der Waals surface area contributed by atoms with Gasteiger partial charge in [-0.1, -0.05) is 36.6 Å². The first-order valence-electron chi connectivity index (χ1n) is 10.1. The van der Waals surface area contributed by atoms with Crippen molar-refractivity contribution >= 4 is 21.8 Å². The maximum absolute atomic E-state index is 12.9. The van der Waals surface area contributed by atoms with Crippen LogP contribution in [-0.4, -0.2) is 71.4 Å². The van der Waals surface area contributed by atoms with E-state index in [9.17, 15) is 8.42 Å². The third kappa shape index (κ3) is 4.80. The van der Waals surface area contributed by atoms with Gasteiger partial charge in [-0.25, -0.2) is 0 Å². The fraction of sp³-hybridized carbons (Fsp3) is 0.579. The summed E-state index contributed by atoms with van der Waals surface area (Å²) >= 11 is 6.19. The molecule has 2 aliphatic rings. The van der Waals surface area contributed by atoms with Crippen molar-refractivity contribution in [2.24, 2.45) is 0 Å². The third-order valence-electron chi connectivity index (χ3n) is 5.48. The summed E-state index contributed by atoms with van der Waals surface area (Å²) in [7, 11) is -3.37. The molecule has 2 aromatic rings. The molecule has 4 rings (SSSR count). The topological polar surface area (TPSA) is 82.8 Å². The molecule has 29 heavy (non-hydrogen) atoms. The van der Waals surface area contributed by atoms with Crippen LogP contribution in [0.2, 0.25) is 5.02 Å². The van der Waals surface area contributed by atoms with Crippen molar-refractivity contribution in [2.45, 2.75) is 32.2 Å². The van der Waals surface area contributed by atoms with E-state index in [1.165, 1.54) is 0 Å². The lowest BCUT2D eigenvalue weighted by atomic mass is 10.2. The second kappa shape index (κ2) is 9.09. The lowest BCUT2D eigenvalue weighted by Crippen LogP contribution is -2.52. The van der Waals surface area contributed by atoms with Crippen LogP contribution in [0.3, 0.4) is 0 Å². The molecule has 0 spiro atoms. The number of nitrogens with zero attached hydrogens (tertiary/aromatic N) is 5. The van der Waals surface area contributed by atoms with Gasteiger partial charge in [-0.3, -0.25) is 4.90 Å². The van der Waals surface area contributed by atoms with E-state index in [1.807, 2.05) is 18.2 Å². The van der Waals surface area contributed by atoms with Crippen LogP contribution >= 0.6 is 11.6 Å². The lowest BCUT2D eigenvalue weighted by Gasteiger charge is -2.36. The Morgan fingerprint density at radius 3 is 2.24 bits per heavy atom. The van der Waals surface area contributed by atoms with E-state index < -0.39 is 10.2 Å². The Morgan fingerprint density at radius 2 is 1.55 bits per heavy atom. The van der Waals surface area contributed by atoms with E-state index in [2.05, 4.69) is 15.1 Å². The quantitative estimate of drug-likeness (QED) is 0.712. The molecular formula is C19H26ClN5O3S. The van der Waals surface area contributed by atoms with Crippen molar-refractivity contribution in [2.75, 3.05) is 39.3 Å². The summed E-state index contributed by atoms with van der Waals surface area (Å²) < 4.78 is 34.9. The number of rotatable bonds is 5. The lowest BCUT2D eigenvalue weighted by molar-refractivity contribution is 0.163. The molecule has 0 radical (unpaired) electrons. The van der Waals surface area contributed by atoms with Crippen LogP contribution in [0.5, 0.6) is 0 Å². The van der Waals surface area contributed by atoms with Gasteiger partial charge in [-0.15, -0.1) is 10.2 Å². The van der Waals surface area contributed by atoms with Crippen LogP contribution in [0.4, 0.5) is 0 Å². The molecule has 0 bridgehead atoms. The molecule has 0 atom stereocenters. The Morgan fingerprint density at radius 1 is 0.897 bits per heavy atom. The molecule has 158 valence electrons. The Hall–Kier alpha value is -1.52. The molecule has 0 aliphatic carbocycles. The third-order valence-corrected chi connectivity index (χ3v) is 7.84. The van der Waals surface area contributed by atoms with Crippen LogP contribution in [-0.2, 0) is 16.8 Å². The molecule has 0 saturated carbocycles. The molecule has 2 fully saturated rings. The minimum atomic E-state index is -3.37.